The molecule has 1 fully saturated rings. The number of hydrogen-bond donors (Lipinski definition) is 2. The van der Waals surface area contributed by atoms with Crippen molar-refractivity contribution < 1.29 is 4.79 Å². The van der Waals surface area contributed by atoms with E-state index in [1.165, 1.54) is 0 Å². The van der Waals surface area contributed by atoms with Gasteiger partial charge in [0.2, 0.25) is 0 Å². The third-order valence-electron chi connectivity index (χ3n) is 3.71. The van der Waals surface area contributed by atoms with E-state index in [0.717, 1.165) is 39.3 Å². The Morgan fingerprint density at radius 2 is 1.84 bits per heavy atom. The molecule has 0 spiro atoms. The van der Waals surface area contributed by atoms with Gasteiger partial charge in [-0.3, -0.25) is 20.0 Å². The van der Waals surface area contributed by atoms with Gasteiger partial charge in [-0.1, -0.05) is 13.8 Å². The molecule has 1 amide bonds. The smallest absolute Gasteiger partial charge is 0.251 e. The number of amides is 1. The molecule has 112 valence electrons. The van der Waals surface area contributed by atoms with Crippen LogP contribution in [0, 0.1) is 5.92 Å². The van der Waals surface area contributed by atoms with E-state index in [-0.39, 0.29) is 17.9 Å². The van der Waals surface area contributed by atoms with Crippen molar-refractivity contribution in [3.05, 3.63) is 0 Å². The standard InChI is InChI=1S/C13H29N5O/c1-11(2)12(13(19)15-14)18-9-7-17(8-10-18)6-5-16(3)4/h11-12H,5-10,14H2,1-4H3,(H,15,19). The molecule has 19 heavy (non-hydrogen) atoms. The van der Waals surface area contributed by atoms with Crippen molar-refractivity contribution in [2.75, 3.05) is 53.4 Å². The Kier molecular flexibility index (Phi) is 6.71. The van der Waals surface area contributed by atoms with E-state index < -0.39 is 0 Å². The van der Waals surface area contributed by atoms with Crippen molar-refractivity contribution in [1.82, 2.24) is 20.1 Å². The number of nitrogens with two attached hydrogens (primary N) is 1. The largest absolute Gasteiger partial charge is 0.308 e. The number of hydrazine groups is 1. The van der Waals surface area contributed by atoms with Crippen molar-refractivity contribution in [2.45, 2.75) is 19.9 Å². The molecule has 6 nitrogen and oxygen atoms in total. The number of hydrogen-bond acceptors (Lipinski definition) is 5. The summed E-state index contributed by atoms with van der Waals surface area (Å²) in [6, 6.07) is -0.110. The van der Waals surface area contributed by atoms with Gasteiger partial charge >= 0.3 is 0 Å². The first kappa shape index (κ1) is 16.4. The van der Waals surface area contributed by atoms with Crippen LogP contribution in [0.5, 0.6) is 0 Å². The number of carbonyl (C=O) groups is 1. The van der Waals surface area contributed by atoms with E-state index in [4.69, 9.17) is 5.84 Å². The van der Waals surface area contributed by atoms with Gasteiger partial charge in [0.15, 0.2) is 0 Å². The summed E-state index contributed by atoms with van der Waals surface area (Å²) in [7, 11) is 4.19. The molecular formula is C13H29N5O. The third-order valence-corrected chi connectivity index (χ3v) is 3.71. The first-order valence-corrected chi connectivity index (χ1v) is 7.07. The second kappa shape index (κ2) is 7.79. The zero-order valence-corrected chi connectivity index (χ0v) is 12.7. The number of nitrogens with one attached hydrogen (secondary N) is 1. The van der Waals surface area contributed by atoms with Gasteiger partial charge < -0.3 is 4.90 Å². The van der Waals surface area contributed by atoms with Crippen LogP contribution in [0.15, 0.2) is 0 Å². The van der Waals surface area contributed by atoms with Gasteiger partial charge in [0.25, 0.3) is 5.91 Å². The van der Waals surface area contributed by atoms with Gasteiger partial charge in [-0.05, 0) is 20.0 Å². The predicted molar refractivity (Wildman–Crippen MR) is 77.5 cm³/mol. The Hall–Kier alpha value is -0.690. The summed E-state index contributed by atoms with van der Waals surface area (Å²) in [5.41, 5.74) is 2.29. The monoisotopic (exact) mass is 271 g/mol. The summed E-state index contributed by atoms with van der Waals surface area (Å²) in [6.45, 7) is 10.2. The molecule has 0 aliphatic carbocycles. The van der Waals surface area contributed by atoms with E-state index in [9.17, 15) is 4.79 Å². The number of piperazine rings is 1. The highest BCUT2D eigenvalue weighted by atomic mass is 16.2. The molecule has 6 heteroatoms. The summed E-state index contributed by atoms with van der Waals surface area (Å²) in [5, 5.41) is 0. The lowest BCUT2D eigenvalue weighted by Gasteiger charge is -2.40. The highest BCUT2D eigenvalue weighted by Gasteiger charge is 2.30. The minimum Gasteiger partial charge on any atom is -0.308 e. The second-order valence-corrected chi connectivity index (χ2v) is 5.88. The molecule has 3 N–H and O–H groups in total. The summed E-state index contributed by atoms with van der Waals surface area (Å²) >= 11 is 0. The molecule has 0 radical (unpaired) electrons. The maximum atomic E-state index is 11.9. The summed E-state index contributed by atoms with van der Waals surface area (Å²) in [4.78, 5) is 18.8. The van der Waals surface area contributed by atoms with Crippen LogP contribution < -0.4 is 11.3 Å². The van der Waals surface area contributed by atoms with E-state index in [1.54, 1.807) is 0 Å². The van der Waals surface area contributed by atoms with Crippen LogP contribution in [-0.4, -0.2) is 80.0 Å². The maximum Gasteiger partial charge on any atom is 0.251 e. The summed E-state index contributed by atoms with van der Waals surface area (Å²) < 4.78 is 0. The maximum absolute atomic E-state index is 11.9. The Bertz CT molecular complexity index is 274. The summed E-state index contributed by atoms with van der Waals surface area (Å²) in [6.07, 6.45) is 0. The van der Waals surface area contributed by atoms with Crippen LogP contribution in [0.1, 0.15) is 13.8 Å². The first-order valence-electron chi connectivity index (χ1n) is 7.07. The van der Waals surface area contributed by atoms with Crippen LogP contribution in [-0.2, 0) is 4.79 Å². The third kappa shape index (κ3) is 5.06. The molecule has 0 aromatic carbocycles. The van der Waals surface area contributed by atoms with Crippen molar-refractivity contribution in [1.29, 1.82) is 0 Å². The lowest BCUT2D eigenvalue weighted by atomic mass is 10.0. The van der Waals surface area contributed by atoms with Crippen molar-refractivity contribution in [2.24, 2.45) is 11.8 Å². The molecule has 1 saturated heterocycles. The lowest BCUT2D eigenvalue weighted by Crippen LogP contribution is -2.58. The fourth-order valence-electron chi connectivity index (χ4n) is 2.58. The Morgan fingerprint density at radius 3 is 2.26 bits per heavy atom. The zero-order chi connectivity index (χ0) is 14.4. The highest BCUT2D eigenvalue weighted by Crippen LogP contribution is 2.14. The van der Waals surface area contributed by atoms with Crippen LogP contribution in [0.4, 0.5) is 0 Å². The number of rotatable bonds is 6. The molecule has 1 atom stereocenters. The van der Waals surface area contributed by atoms with E-state index >= 15 is 0 Å². The average Bonchev–Trinajstić information content (AvgIpc) is 2.37. The second-order valence-electron chi connectivity index (χ2n) is 5.88. The van der Waals surface area contributed by atoms with Crippen LogP contribution in [0.2, 0.25) is 0 Å². The van der Waals surface area contributed by atoms with Crippen LogP contribution in [0.25, 0.3) is 0 Å². The first-order chi connectivity index (χ1) is 8.95. The average molecular weight is 271 g/mol. The SMILES string of the molecule is CC(C)C(C(=O)NN)N1CCN(CCN(C)C)CC1. The highest BCUT2D eigenvalue weighted by molar-refractivity contribution is 5.81. The quantitative estimate of drug-likeness (QED) is 0.375. The van der Waals surface area contributed by atoms with Crippen molar-refractivity contribution in [3.63, 3.8) is 0 Å². The van der Waals surface area contributed by atoms with Gasteiger partial charge in [0, 0.05) is 39.3 Å². The lowest BCUT2D eigenvalue weighted by molar-refractivity contribution is -0.129. The van der Waals surface area contributed by atoms with E-state index in [2.05, 4.69) is 48.1 Å². The Morgan fingerprint density at radius 1 is 1.26 bits per heavy atom. The minimum absolute atomic E-state index is 0.0725. The van der Waals surface area contributed by atoms with E-state index in [1.807, 2.05) is 0 Å². The number of likely N-dealkylation sites (N-methyl/N-ethyl adjacent to an activating group) is 1. The van der Waals surface area contributed by atoms with Gasteiger partial charge in [0.1, 0.15) is 0 Å². The molecular weight excluding hydrogens is 242 g/mol. The molecule has 0 saturated carbocycles. The topological polar surface area (TPSA) is 64.8 Å². The molecule has 0 aromatic heterocycles. The minimum atomic E-state index is -0.110. The van der Waals surface area contributed by atoms with Gasteiger partial charge in [-0.15, -0.1) is 0 Å². The van der Waals surface area contributed by atoms with Gasteiger partial charge in [-0.2, -0.15) is 0 Å². The fraction of sp³-hybridized carbons (Fsp3) is 0.923. The Balaban J connectivity index is 2.44. The van der Waals surface area contributed by atoms with Crippen LogP contribution in [0.3, 0.4) is 0 Å². The molecule has 1 heterocycles. The zero-order valence-electron chi connectivity index (χ0n) is 12.7. The normalized spacial score (nSPS) is 19.9. The number of nitrogens with zero attached hydrogens (tertiary/aromatic N) is 3. The van der Waals surface area contributed by atoms with Crippen molar-refractivity contribution in [3.8, 4) is 0 Å². The number of carbonyl (C=O) groups excluding carboxylic acids is 1. The van der Waals surface area contributed by atoms with Crippen molar-refractivity contribution >= 4 is 5.91 Å². The fourth-order valence-corrected chi connectivity index (χ4v) is 2.58. The molecule has 1 rings (SSSR count). The predicted octanol–water partition coefficient (Wildman–Crippen LogP) is -0.820. The molecule has 1 unspecified atom stereocenters. The summed E-state index contributed by atoms with van der Waals surface area (Å²) in [5.74, 6) is 5.49. The molecule has 0 bridgehead atoms. The van der Waals surface area contributed by atoms with Crippen LogP contribution >= 0.6 is 0 Å². The molecule has 1 aliphatic rings. The van der Waals surface area contributed by atoms with E-state index in [0.29, 0.717) is 0 Å². The Labute approximate surface area is 116 Å². The van der Waals surface area contributed by atoms with Gasteiger partial charge in [-0.25, -0.2) is 5.84 Å². The molecule has 1 aliphatic heterocycles. The molecule has 0 aromatic rings. The van der Waals surface area contributed by atoms with Gasteiger partial charge in [0.05, 0.1) is 6.04 Å².